The number of imidazole rings is 1. The van der Waals surface area contributed by atoms with E-state index in [0.717, 1.165) is 22.3 Å². The van der Waals surface area contributed by atoms with Gasteiger partial charge in [-0.2, -0.15) is 0 Å². The highest BCUT2D eigenvalue weighted by Crippen LogP contribution is 2.20. The number of anilines is 2. The Morgan fingerprint density at radius 2 is 2.04 bits per heavy atom. The van der Waals surface area contributed by atoms with E-state index in [1.807, 2.05) is 60.0 Å². The number of fused-ring (bicyclic) bond motifs is 1. The van der Waals surface area contributed by atoms with Gasteiger partial charge in [0.25, 0.3) is 0 Å². The third-order valence-corrected chi connectivity index (χ3v) is 3.81. The summed E-state index contributed by atoms with van der Waals surface area (Å²) in [5.41, 5.74) is 3.53. The van der Waals surface area contributed by atoms with Gasteiger partial charge in [-0.05, 0) is 43.7 Å². The fraction of sp³-hybridized carbons (Fsp3) is 0.263. The first-order valence-corrected chi connectivity index (χ1v) is 8.26. The van der Waals surface area contributed by atoms with Gasteiger partial charge >= 0.3 is 0 Å². The molecule has 0 saturated heterocycles. The van der Waals surface area contributed by atoms with Crippen molar-refractivity contribution in [2.24, 2.45) is 0 Å². The third kappa shape index (κ3) is 4.16. The molecule has 2 aromatic carbocycles. The minimum Gasteiger partial charge on any atom is -0.392 e. The standard InChI is InChI=1S/C19H22N4O2/c1-13-6-5-7-15(10-13)21-18(25)12-23-17-9-4-3-8-16(17)22-19(23)20-11-14(2)24/h3-10,14,24H,11-12H2,1-2H3,(H,20,22)(H,21,25). The number of carbonyl (C=O) groups excluding carboxylic acids is 1. The number of aryl methyl sites for hydroxylation is 1. The van der Waals surface area contributed by atoms with E-state index in [4.69, 9.17) is 0 Å². The first-order chi connectivity index (χ1) is 12.0. The molecule has 0 fully saturated rings. The smallest absolute Gasteiger partial charge is 0.244 e. The summed E-state index contributed by atoms with van der Waals surface area (Å²) >= 11 is 0. The van der Waals surface area contributed by atoms with Crippen molar-refractivity contribution in [3.63, 3.8) is 0 Å². The van der Waals surface area contributed by atoms with Gasteiger partial charge in [0.2, 0.25) is 11.9 Å². The van der Waals surface area contributed by atoms with Gasteiger partial charge in [-0.25, -0.2) is 4.98 Å². The van der Waals surface area contributed by atoms with Crippen LogP contribution in [0.1, 0.15) is 12.5 Å². The van der Waals surface area contributed by atoms with Crippen LogP contribution >= 0.6 is 0 Å². The quantitative estimate of drug-likeness (QED) is 0.646. The number of amides is 1. The highest BCUT2D eigenvalue weighted by atomic mass is 16.3. The van der Waals surface area contributed by atoms with Crippen LogP contribution in [-0.2, 0) is 11.3 Å². The fourth-order valence-corrected chi connectivity index (χ4v) is 2.68. The van der Waals surface area contributed by atoms with E-state index < -0.39 is 6.10 Å². The molecule has 0 bridgehead atoms. The van der Waals surface area contributed by atoms with E-state index in [1.165, 1.54) is 0 Å². The Hall–Kier alpha value is -2.86. The maximum atomic E-state index is 12.5. The summed E-state index contributed by atoms with van der Waals surface area (Å²) in [5, 5.41) is 15.5. The van der Waals surface area contributed by atoms with E-state index in [-0.39, 0.29) is 12.5 Å². The van der Waals surface area contributed by atoms with Crippen molar-refractivity contribution in [3.8, 4) is 0 Å². The first-order valence-electron chi connectivity index (χ1n) is 8.26. The molecule has 130 valence electrons. The van der Waals surface area contributed by atoms with Crippen molar-refractivity contribution in [2.45, 2.75) is 26.5 Å². The van der Waals surface area contributed by atoms with Crippen LogP contribution in [0.4, 0.5) is 11.6 Å². The Balaban J connectivity index is 1.83. The molecule has 6 heteroatoms. The van der Waals surface area contributed by atoms with Crippen LogP contribution in [0.2, 0.25) is 0 Å². The number of hydrogen-bond donors (Lipinski definition) is 3. The minimum atomic E-state index is -0.505. The largest absolute Gasteiger partial charge is 0.392 e. The zero-order valence-corrected chi connectivity index (χ0v) is 14.4. The molecule has 1 aromatic heterocycles. The maximum absolute atomic E-state index is 12.5. The number of rotatable bonds is 6. The monoisotopic (exact) mass is 338 g/mol. The van der Waals surface area contributed by atoms with Gasteiger partial charge in [-0.1, -0.05) is 24.3 Å². The zero-order valence-electron chi connectivity index (χ0n) is 14.4. The lowest BCUT2D eigenvalue weighted by Gasteiger charge is -2.12. The van der Waals surface area contributed by atoms with Crippen LogP contribution in [0.25, 0.3) is 11.0 Å². The Morgan fingerprint density at radius 1 is 1.24 bits per heavy atom. The molecule has 25 heavy (non-hydrogen) atoms. The Morgan fingerprint density at radius 3 is 2.80 bits per heavy atom. The molecule has 3 aromatic rings. The highest BCUT2D eigenvalue weighted by Gasteiger charge is 2.14. The third-order valence-electron chi connectivity index (χ3n) is 3.81. The Labute approximate surface area is 146 Å². The molecule has 3 N–H and O–H groups in total. The van der Waals surface area contributed by atoms with Crippen LogP contribution in [0.5, 0.6) is 0 Å². The second-order valence-electron chi connectivity index (χ2n) is 6.16. The van der Waals surface area contributed by atoms with E-state index >= 15 is 0 Å². The summed E-state index contributed by atoms with van der Waals surface area (Å²) in [6.07, 6.45) is -0.505. The van der Waals surface area contributed by atoms with Crippen molar-refractivity contribution in [1.29, 1.82) is 0 Å². The predicted molar refractivity (Wildman–Crippen MR) is 99.7 cm³/mol. The van der Waals surface area contributed by atoms with Gasteiger partial charge in [0.05, 0.1) is 17.1 Å². The summed E-state index contributed by atoms with van der Waals surface area (Å²) in [7, 11) is 0. The Kier molecular flexibility index (Phi) is 5.00. The van der Waals surface area contributed by atoms with Crippen molar-refractivity contribution in [1.82, 2.24) is 9.55 Å². The van der Waals surface area contributed by atoms with Crippen molar-refractivity contribution < 1.29 is 9.90 Å². The second kappa shape index (κ2) is 7.36. The maximum Gasteiger partial charge on any atom is 0.244 e. The number of nitrogens with one attached hydrogen (secondary N) is 2. The van der Waals surface area contributed by atoms with Gasteiger partial charge in [0.1, 0.15) is 6.54 Å². The van der Waals surface area contributed by atoms with E-state index in [1.54, 1.807) is 6.92 Å². The molecule has 1 amide bonds. The summed E-state index contributed by atoms with van der Waals surface area (Å²) in [6.45, 7) is 4.18. The van der Waals surface area contributed by atoms with Gasteiger partial charge in [0.15, 0.2) is 0 Å². The number of aliphatic hydroxyl groups is 1. The molecule has 3 rings (SSSR count). The predicted octanol–water partition coefficient (Wildman–Crippen LogP) is 2.78. The van der Waals surface area contributed by atoms with E-state index in [9.17, 15) is 9.90 Å². The second-order valence-corrected chi connectivity index (χ2v) is 6.16. The molecule has 1 heterocycles. The summed E-state index contributed by atoms with van der Waals surface area (Å²) < 4.78 is 1.82. The van der Waals surface area contributed by atoms with Crippen LogP contribution in [0, 0.1) is 6.92 Å². The number of aromatic nitrogens is 2. The number of carbonyl (C=O) groups is 1. The van der Waals surface area contributed by atoms with Crippen molar-refractivity contribution >= 4 is 28.6 Å². The molecular weight excluding hydrogens is 316 g/mol. The molecule has 6 nitrogen and oxygen atoms in total. The SMILES string of the molecule is Cc1cccc(NC(=O)Cn2c(NCC(C)O)nc3ccccc32)c1. The lowest BCUT2D eigenvalue weighted by Crippen LogP contribution is -2.22. The normalized spacial score (nSPS) is 12.1. The molecule has 1 atom stereocenters. The lowest BCUT2D eigenvalue weighted by molar-refractivity contribution is -0.116. The van der Waals surface area contributed by atoms with Crippen molar-refractivity contribution in [2.75, 3.05) is 17.2 Å². The summed E-state index contributed by atoms with van der Waals surface area (Å²) in [5.74, 6) is 0.440. The lowest BCUT2D eigenvalue weighted by atomic mass is 10.2. The van der Waals surface area contributed by atoms with Crippen LogP contribution in [0.15, 0.2) is 48.5 Å². The van der Waals surface area contributed by atoms with Gasteiger partial charge in [-0.15, -0.1) is 0 Å². The molecule has 0 aliphatic heterocycles. The zero-order chi connectivity index (χ0) is 17.8. The minimum absolute atomic E-state index is 0.131. The van der Waals surface area contributed by atoms with Gasteiger partial charge in [-0.3, -0.25) is 4.79 Å². The highest BCUT2D eigenvalue weighted by molar-refractivity contribution is 5.92. The van der Waals surface area contributed by atoms with Crippen LogP contribution in [0.3, 0.4) is 0 Å². The molecular formula is C19H22N4O2. The van der Waals surface area contributed by atoms with Crippen molar-refractivity contribution in [3.05, 3.63) is 54.1 Å². The average molecular weight is 338 g/mol. The molecule has 0 aliphatic carbocycles. The number of hydrogen-bond acceptors (Lipinski definition) is 4. The molecule has 1 unspecified atom stereocenters. The average Bonchev–Trinajstić information content (AvgIpc) is 2.91. The number of benzene rings is 2. The van der Waals surface area contributed by atoms with E-state index in [2.05, 4.69) is 15.6 Å². The summed E-state index contributed by atoms with van der Waals surface area (Å²) in [4.78, 5) is 17.0. The van der Waals surface area contributed by atoms with Crippen LogP contribution in [-0.4, -0.2) is 33.2 Å². The summed E-state index contributed by atoms with van der Waals surface area (Å²) in [6, 6.07) is 15.3. The topological polar surface area (TPSA) is 79.2 Å². The molecule has 0 saturated carbocycles. The number of aliphatic hydroxyl groups excluding tert-OH is 1. The Bertz CT molecular complexity index is 886. The number of nitrogens with zero attached hydrogens (tertiary/aromatic N) is 2. The van der Waals surface area contributed by atoms with Crippen LogP contribution < -0.4 is 10.6 Å². The number of para-hydroxylation sites is 2. The first kappa shape index (κ1) is 17.0. The van der Waals surface area contributed by atoms with Gasteiger partial charge < -0.3 is 20.3 Å². The molecule has 0 radical (unpaired) electrons. The molecule has 0 spiro atoms. The fourth-order valence-electron chi connectivity index (χ4n) is 2.68. The van der Waals surface area contributed by atoms with Gasteiger partial charge in [0, 0.05) is 12.2 Å². The van der Waals surface area contributed by atoms with E-state index in [0.29, 0.717) is 12.5 Å². The molecule has 0 aliphatic rings.